The van der Waals surface area contributed by atoms with E-state index in [1.807, 2.05) is 61.5 Å². The molecule has 0 aliphatic rings. The Morgan fingerprint density at radius 1 is 1.06 bits per heavy atom. The number of fused-ring (bicyclic) bond motifs is 3. The number of carbonyl (C=O) groups is 1. The SMILES string of the molecule is COc1ccccc1NC(=O)Cn1nc2c(Sc3cccc(C)c3)nc3ccccc3n2c1=O. The van der Waals surface area contributed by atoms with Gasteiger partial charge in [0.25, 0.3) is 0 Å². The van der Waals surface area contributed by atoms with Crippen LogP contribution in [-0.4, -0.2) is 32.2 Å². The van der Waals surface area contributed by atoms with Crippen LogP contribution in [0.2, 0.25) is 0 Å². The third kappa shape index (κ3) is 4.13. The van der Waals surface area contributed by atoms with Crippen molar-refractivity contribution in [3.05, 3.63) is 88.8 Å². The molecule has 0 fully saturated rings. The lowest BCUT2D eigenvalue weighted by Crippen LogP contribution is -2.28. The zero-order valence-corrected chi connectivity index (χ0v) is 19.4. The lowest BCUT2D eigenvalue weighted by Gasteiger charge is -2.09. The number of hydrogen-bond acceptors (Lipinski definition) is 6. The van der Waals surface area contributed by atoms with Crippen LogP contribution in [0.25, 0.3) is 16.7 Å². The van der Waals surface area contributed by atoms with Crippen LogP contribution in [0.15, 0.2) is 87.5 Å². The van der Waals surface area contributed by atoms with Crippen molar-refractivity contribution in [2.45, 2.75) is 23.4 Å². The van der Waals surface area contributed by atoms with Gasteiger partial charge in [-0.3, -0.25) is 4.79 Å². The van der Waals surface area contributed by atoms with Gasteiger partial charge in [0.05, 0.1) is 23.8 Å². The smallest absolute Gasteiger partial charge is 0.351 e. The van der Waals surface area contributed by atoms with Gasteiger partial charge >= 0.3 is 5.69 Å². The van der Waals surface area contributed by atoms with Gasteiger partial charge in [-0.1, -0.05) is 53.7 Å². The van der Waals surface area contributed by atoms with Gasteiger partial charge in [-0.25, -0.2) is 18.9 Å². The molecule has 3 aromatic carbocycles. The van der Waals surface area contributed by atoms with E-state index in [4.69, 9.17) is 9.72 Å². The summed E-state index contributed by atoms with van der Waals surface area (Å²) in [6.07, 6.45) is 0. The van der Waals surface area contributed by atoms with Gasteiger partial charge in [-0.2, -0.15) is 0 Å². The van der Waals surface area contributed by atoms with Crippen molar-refractivity contribution in [1.29, 1.82) is 0 Å². The Morgan fingerprint density at radius 2 is 1.85 bits per heavy atom. The third-order valence-electron chi connectivity index (χ3n) is 5.25. The molecule has 1 N–H and O–H groups in total. The zero-order valence-electron chi connectivity index (χ0n) is 18.6. The molecule has 0 atom stereocenters. The van der Waals surface area contributed by atoms with Gasteiger partial charge in [0.15, 0.2) is 5.65 Å². The summed E-state index contributed by atoms with van der Waals surface area (Å²) in [4.78, 5) is 31.8. The quantitative estimate of drug-likeness (QED) is 0.400. The Hall–Kier alpha value is -4.11. The van der Waals surface area contributed by atoms with E-state index in [0.717, 1.165) is 15.1 Å². The second-order valence-corrected chi connectivity index (χ2v) is 8.73. The van der Waals surface area contributed by atoms with E-state index >= 15 is 0 Å². The summed E-state index contributed by atoms with van der Waals surface area (Å²) in [6.45, 7) is 1.77. The first-order valence-corrected chi connectivity index (χ1v) is 11.4. The molecule has 0 aliphatic heterocycles. The third-order valence-corrected chi connectivity index (χ3v) is 6.21. The van der Waals surface area contributed by atoms with Gasteiger partial charge in [-0.15, -0.1) is 5.10 Å². The van der Waals surface area contributed by atoms with Crippen molar-refractivity contribution in [2.75, 3.05) is 12.4 Å². The Labute approximate surface area is 199 Å². The number of nitrogens with one attached hydrogen (secondary N) is 1. The molecule has 9 heteroatoms. The molecule has 0 spiro atoms. The fourth-order valence-corrected chi connectivity index (χ4v) is 4.69. The van der Waals surface area contributed by atoms with Crippen LogP contribution in [-0.2, 0) is 11.3 Å². The van der Waals surface area contributed by atoms with Crippen LogP contribution >= 0.6 is 11.8 Å². The average Bonchev–Trinajstić information content (AvgIpc) is 3.16. The van der Waals surface area contributed by atoms with E-state index in [0.29, 0.717) is 33.1 Å². The molecule has 2 aromatic heterocycles. The molecule has 5 aromatic rings. The topological polar surface area (TPSA) is 90.5 Å². The fourth-order valence-electron chi connectivity index (χ4n) is 3.71. The Balaban J connectivity index is 1.56. The van der Waals surface area contributed by atoms with E-state index in [9.17, 15) is 9.59 Å². The Kier molecular flexibility index (Phi) is 5.77. The highest BCUT2D eigenvalue weighted by Crippen LogP contribution is 2.31. The van der Waals surface area contributed by atoms with Gasteiger partial charge in [0, 0.05) is 4.90 Å². The number of benzene rings is 3. The number of amides is 1. The first kappa shape index (κ1) is 21.7. The molecule has 1 amide bonds. The molecule has 2 heterocycles. The molecule has 0 unspecified atom stereocenters. The Bertz CT molecular complexity index is 1590. The predicted molar refractivity (Wildman–Crippen MR) is 132 cm³/mol. The summed E-state index contributed by atoms with van der Waals surface area (Å²) in [5.74, 6) is 0.144. The molecule has 8 nitrogen and oxygen atoms in total. The van der Waals surface area contributed by atoms with E-state index < -0.39 is 5.69 Å². The summed E-state index contributed by atoms with van der Waals surface area (Å²) in [6, 6.07) is 22.5. The number of para-hydroxylation sites is 4. The number of anilines is 1. The number of rotatable bonds is 6. The van der Waals surface area contributed by atoms with Crippen LogP contribution in [0.1, 0.15) is 5.56 Å². The molecule has 0 saturated heterocycles. The van der Waals surface area contributed by atoms with Crippen molar-refractivity contribution in [1.82, 2.24) is 19.2 Å². The summed E-state index contributed by atoms with van der Waals surface area (Å²) < 4.78 is 7.96. The Morgan fingerprint density at radius 3 is 2.68 bits per heavy atom. The number of ether oxygens (including phenoxy) is 1. The molecule has 0 saturated carbocycles. The fraction of sp³-hybridized carbons (Fsp3) is 0.120. The molecular weight excluding hydrogens is 450 g/mol. The minimum Gasteiger partial charge on any atom is -0.495 e. The van der Waals surface area contributed by atoms with Gasteiger partial charge in [-0.05, 0) is 43.3 Å². The standard InChI is InChI=1S/C25H21N5O3S/c1-16-8-7-9-17(14-16)34-24-23-28-29(15-22(31)26-19-11-4-6-13-21(19)33-2)25(32)30(23)20-12-5-3-10-18(20)27-24/h3-14H,15H2,1-2H3,(H,26,31). The van der Waals surface area contributed by atoms with Crippen molar-refractivity contribution in [3.8, 4) is 5.75 Å². The normalized spacial score (nSPS) is 11.1. The highest BCUT2D eigenvalue weighted by Gasteiger charge is 2.19. The molecule has 34 heavy (non-hydrogen) atoms. The van der Waals surface area contributed by atoms with E-state index in [1.54, 1.807) is 18.2 Å². The van der Waals surface area contributed by atoms with Crippen LogP contribution in [0.4, 0.5) is 5.69 Å². The van der Waals surface area contributed by atoms with Gasteiger partial charge < -0.3 is 10.1 Å². The number of aromatic nitrogens is 4. The molecule has 170 valence electrons. The summed E-state index contributed by atoms with van der Waals surface area (Å²) in [7, 11) is 1.53. The highest BCUT2D eigenvalue weighted by molar-refractivity contribution is 7.99. The van der Waals surface area contributed by atoms with Gasteiger partial charge in [0.1, 0.15) is 17.3 Å². The number of carbonyl (C=O) groups excluding carboxylic acids is 1. The number of methoxy groups -OCH3 is 1. The maximum absolute atomic E-state index is 13.3. The summed E-state index contributed by atoms with van der Waals surface area (Å²) >= 11 is 1.43. The van der Waals surface area contributed by atoms with Crippen LogP contribution < -0.4 is 15.7 Å². The first-order valence-electron chi connectivity index (χ1n) is 10.6. The van der Waals surface area contributed by atoms with Gasteiger partial charge in [0.2, 0.25) is 5.91 Å². The lowest BCUT2D eigenvalue weighted by atomic mass is 10.2. The minimum atomic E-state index is -0.408. The number of aryl methyl sites for hydroxylation is 1. The molecule has 0 aliphatic carbocycles. The molecule has 5 rings (SSSR count). The van der Waals surface area contributed by atoms with Crippen molar-refractivity contribution in [2.24, 2.45) is 0 Å². The minimum absolute atomic E-state index is 0.249. The van der Waals surface area contributed by atoms with Crippen LogP contribution in [0.3, 0.4) is 0 Å². The number of nitrogens with zero attached hydrogens (tertiary/aromatic N) is 4. The van der Waals surface area contributed by atoms with Crippen LogP contribution in [0, 0.1) is 6.92 Å². The highest BCUT2D eigenvalue weighted by atomic mass is 32.2. The van der Waals surface area contributed by atoms with Crippen molar-refractivity contribution < 1.29 is 9.53 Å². The molecular formula is C25H21N5O3S. The number of hydrogen-bond donors (Lipinski definition) is 1. The second kappa shape index (κ2) is 9.03. The largest absolute Gasteiger partial charge is 0.495 e. The predicted octanol–water partition coefficient (Wildman–Crippen LogP) is 4.15. The monoisotopic (exact) mass is 471 g/mol. The molecule has 0 bridgehead atoms. The van der Waals surface area contributed by atoms with E-state index in [1.165, 1.54) is 23.3 Å². The van der Waals surface area contributed by atoms with Crippen molar-refractivity contribution in [3.63, 3.8) is 0 Å². The lowest BCUT2D eigenvalue weighted by molar-refractivity contribution is -0.117. The maximum Gasteiger partial charge on any atom is 0.351 e. The maximum atomic E-state index is 13.3. The van der Waals surface area contributed by atoms with Crippen molar-refractivity contribution >= 4 is 40.0 Å². The average molecular weight is 472 g/mol. The summed E-state index contributed by atoms with van der Waals surface area (Å²) in [5.41, 5.74) is 2.94. The summed E-state index contributed by atoms with van der Waals surface area (Å²) in [5, 5.41) is 7.87. The van der Waals surface area contributed by atoms with E-state index in [-0.39, 0.29) is 12.5 Å². The second-order valence-electron chi connectivity index (χ2n) is 7.67. The first-order chi connectivity index (χ1) is 16.5. The van der Waals surface area contributed by atoms with E-state index in [2.05, 4.69) is 10.4 Å². The zero-order chi connectivity index (χ0) is 23.7. The molecule has 0 radical (unpaired) electrons. The van der Waals surface area contributed by atoms with Crippen LogP contribution in [0.5, 0.6) is 5.75 Å².